The first-order valence-electron chi connectivity index (χ1n) is 7.21. The molecule has 2 fully saturated rings. The molecule has 0 amide bonds. The third-order valence-corrected chi connectivity index (χ3v) is 6.04. The number of nitriles is 1. The van der Waals surface area contributed by atoms with Crippen LogP contribution in [-0.4, -0.2) is 11.1 Å². The fraction of sp³-hybridized carbons (Fsp3) is 0.625. The van der Waals surface area contributed by atoms with Crippen LogP contribution in [0.3, 0.4) is 0 Å². The molecule has 0 spiro atoms. The first-order chi connectivity index (χ1) is 9.40. The molecular weight excluding hydrogens is 250 g/mol. The molecule has 20 heavy (non-hydrogen) atoms. The van der Waals surface area contributed by atoms with Crippen LogP contribution in [0.15, 0.2) is 12.3 Å². The zero-order valence-corrected chi connectivity index (χ0v) is 12.3. The van der Waals surface area contributed by atoms with Gasteiger partial charge in [0.1, 0.15) is 17.9 Å². The van der Waals surface area contributed by atoms with E-state index < -0.39 is 0 Å². The summed E-state index contributed by atoms with van der Waals surface area (Å²) in [5.41, 5.74) is 7.22. The van der Waals surface area contributed by atoms with E-state index in [9.17, 15) is 0 Å². The number of pyridine rings is 1. The Labute approximate surface area is 119 Å². The lowest BCUT2D eigenvalue weighted by atomic mass is 9.70. The summed E-state index contributed by atoms with van der Waals surface area (Å²) in [5, 5.41) is 9.03. The van der Waals surface area contributed by atoms with Crippen LogP contribution in [0, 0.1) is 28.1 Å². The largest absolute Gasteiger partial charge is 0.472 e. The summed E-state index contributed by atoms with van der Waals surface area (Å²) >= 11 is 0. The van der Waals surface area contributed by atoms with Crippen LogP contribution >= 0.6 is 0 Å². The minimum atomic E-state index is 0.139. The smallest absolute Gasteiger partial charge is 0.238 e. The second-order valence-corrected chi connectivity index (χ2v) is 6.91. The fourth-order valence-corrected chi connectivity index (χ4v) is 4.09. The van der Waals surface area contributed by atoms with Gasteiger partial charge < -0.3 is 10.5 Å². The first kappa shape index (κ1) is 13.2. The van der Waals surface area contributed by atoms with Gasteiger partial charge in [-0.2, -0.15) is 5.26 Å². The van der Waals surface area contributed by atoms with Gasteiger partial charge in [0.25, 0.3) is 0 Å². The minimum Gasteiger partial charge on any atom is -0.472 e. The highest BCUT2D eigenvalue weighted by molar-refractivity contribution is 5.59. The number of nitrogens with zero attached hydrogens (tertiary/aromatic N) is 2. The molecule has 4 nitrogen and oxygen atoms in total. The Balaban J connectivity index is 1.90. The first-order valence-corrected chi connectivity index (χ1v) is 7.21. The molecule has 3 atom stereocenters. The van der Waals surface area contributed by atoms with E-state index in [-0.39, 0.29) is 11.5 Å². The molecule has 2 aliphatic rings. The van der Waals surface area contributed by atoms with Crippen molar-refractivity contribution in [3.63, 3.8) is 0 Å². The molecule has 0 radical (unpaired) electrons. The number of rotatable bonds is 2. The normalized spacial score (nSPS) is 33.9. The second kappa shape index (κ2) is 4.12. The van der Waals surface area contributed by atoms with Crippen LogP contribution in [0.1, 0.15) is 45.6 Å². The number of nitrogen functional groups attached to an aromatic ring is 1. The number of aromatic nitrogens is 1. The number of fused-ring (bicyclic) bond motifs is 2. The van der Waals surface area contributed by atoms with E-state index >= 15 is 0 Å². The van der Waals surface area contributed by atoms with Crippen molar-refractivity contribution in [1.82, 2.24) is 4.98 Å². The summed E-state index contributed by atoms with van der Waals surface area (Å²) in [6, 6.07) is 3.69. The Hall–Kier alpha value is -1.76. The van der Waals surface area contributed by atoms with Gasteiger partial charge >= 0.3 is 0 Å². The Morgan fingerprint density at radius 1 is 1.45 bits per heavy atom. The van der Waals surface area contributed by atoms with Gasteiger partial charge in [0.15, 0.2) is 0 Å². The molecule has 1 aromatic rings. The van der Waals surface area contributed by atoms with Gasteiger partial charge in [-0.15, -0.1) is 0 Å². The van der Waals surface area contributed by atoms with Crippen molar-refractivity contribution < 1.29 is 4.74 Å². The standard InChI is InChI=1S/C16H21N3O/c1-15(2)11-4-6-16(15,3)12(8-11)20-14-13(18)10(9-17)5-7-19-14/h5,7,11-12H,4,6,8,18H2,1-3H3. The van der Waals surface area contributed by atoms with E-state index in [2.05, 4.69) is 31.8 Å². The van der Waals surface area contributed by atoms with Gasteiger partial charge in [-0.3, -0.25) is 0 Å². The molecule has 106 valence electrons. The van der Waals surface area contributed by atoms with Crippen LogP contribution in [0.4, 0.5) is 5.69 Å². The predicted molar refractivity (Wildman–Crippen MR) is 77.0 cm³/mol. The molecule has 3 rings (SSSR count). The Bertz CT molecular complexity index is 590. The average Bonchev–Trinajstić information content (AvgIpc) is 2.74. The van der Waals surface area contributed by atoms with Crippen molar-refractivity contribution in [2.75, 3.05) is 5.73 Å². The van der Waals surface area contributed by atoms with E-state index in [0.717, 1.165) is 6.42 Å². The van der Waals surface area contributed by atoms with Crippen LogP contribution in [0.25, 0.3) is 0 Å². The van der Waals surface area contributed by atoms with Crippen molar-refractivity contribution in [2.24, 2.45) is 16.7 Å². The minimum absolute atomic E-state index is 0.139. The van der Waals surface area contributed by atoms with Gasteiger partial charge in [0, 0.05) is 11.6 Å². The van der Waals surface area contributed by atoms with Crippen LogP contribution in [0.5, 0.6) is 5.88 Å². The lowest BCUT2D eigenvalue weighted by molar-refractivity contribution is 0.0278. The molecule has 2 aliphatic carbocycles. The maximum absolute atomic E-state index is 9.03. The highest BCUT2D eigenvalue weighted by Gasteiger charge is 2.62. The Morgan fingerprint density at radius 2 is 2.20 bits per heavy atom. The summed E-state index contributed by atoms with van der Waals surface area (Å²) in [4.78, 5) is 4.21. The molecule has 1 heterocycles. The maximum Gasteiger partial charge on any atom is 0.238 e. The van der Waals surface area contributed by atoms with Gasteiger partial charge in [-0.1, -0.05) is 20.8 Å². The van der Waals surface area contributed by atoms with Gasteiger partial charge in [-0.05, 0) is 36.7 Å². The summed E-state index contributed by atoms with van der Waals surface area (Å²) in [7, 11) is 0. The quantitative estimate of drug-likeness (QED) is 0.897. The highest BCUT2D eigenvalue weighted by atomic mass is 16.5. The van der Waals surface area contributed by atoms with Crippen molar-refractivity contribution in [2.45, 2.75) is 46.1 Å². The van der Waals surface area contributed by atoms with Gasteiger partial charge in [0.05, 0.1) is 5.56 Å². The second-order valence-electron chi connectivity index (χ2n) is 6.91. The van der Waals surface area contributed by atoms with E-state index in [1.54, 1.807) is 12.3 Å². The van der Waals surface area contributed by atoms with E-state index in [1.165, 1.54) is 12.8 Å². The molecule has 0 saturated heterocycles. The molecule has 4 heteroatoms. The number of anilines is 1. The topological polar surface area (TPSA) is 71.9 Å². The zero-order chi connectivity index (χ0) is 14.5. The number of nitrogens with two attached hydrogens (primary N) is 1. The molecule has 2 bridgehead atoms. The van der Waals surface area contributed by atoms with E-state index in [1.807, 2.05) is 0 Å². The van der Waals surface area contributed by atoms with E-state index in [4.69, 9.17) is 15.7 Å². The molecule has 2 N–H and O–H groups in total. The third-order valence-electron chi connectivity index (χ3n) is 6.04. The Morgan fingerprint density at radius 3 is 2.75 bits per heavy atom. The van der Waals surface area contributed by atoms with Gasteiger partial charge in [0.2, 0.25) is 5.88 Å². The Kier molecular flexibility index (Phi) is 2.72. The SMILES string of the molecule is CC1(C)C2CCC1(C)C(Oc1nccc(C#N)c1N)C2. The molecule has 1 aromatic heterocycles. The molecular formula is C16H21N3O. The molecule has 2 saturated carbocycles. The molecule has 0 aromatic carbocycles. The maximum atomic E-state index is 9.03. The summed E-state index contributed by atoms with van der Waals surface area (Å²) in [5.74, 6) is 1.12. The van der Waals surface area contributed by atoms with Crippen molar-refractivity contribution in [3.05, 3.63) is 17.8 Å². The number of hydrogen-bond acceptors (Lipinski definition) is 4. The average molecular weight is 271 g/mol. The van der Waals surface area contributed by atoms with Crippen LogP contribution in [-0.2, 0) is 0 Å². The van der Waals surface area contributed by atoms with E-state index in [0.29, 0.717) is 28.5 Å². The summed E-state index contributed by atoms with van der Waals surface area (Å²) in [6.45, 7) is 7.00. The van der Waals surface area contributed by atoms with Gasteiger partial charge in [-0.25, -0.2) is 4.98 Å². The monoisotopic (exact) mass is 271 g/mol. The predicted octanol–water partition coefficient (Wildman–Crippen LogP) is 3.13. The fourth-order valence-electron chi connectivity index (χ4n) is 4.09. The molecule has 0 aliphatic heterocycles. The van der Waals surface area contributed by atoms with Crippen LogP contribution in [0.2, 0.25) is 0 Å². The molecule has 3 unspecified atom stereocenters. The van der Waals surface area contributed by atoms with Crippen molar-refractivity contribution in [3.8, 4) is 11.9 Å². The number of ether oxygens (including phenoxy) is 1. The van der Waals surface area contributed by atoms with Crippen molar-refractivity contribution in [1.29, 1.82) is 5.26 Å². The summed E-state index contributed by atoms with van der Waals surface area (Å²) in [6.07, 6.45) is 5.25. The zero-order valence-electron chi connectivity index (χ0n) is 12.3. The van der Waals surface area contributed by atoms with Crippen molar-refractivity contribution >= 4 is 5.69 Å². The number of hydrogen-bond donors (Lipinski definition) is 1. The lowest BCUT2D eigenvalue weighted by Crippen LogP contribution is -2.39. The lowest BCUT2D eigenvalue weighted by Gasteiger charge is -2.38. The summed E-state index contributed by atoms with van der Waals surface area (Å²) < 4.78 is 6.13. The van der Waals surface area contributed by atoms with Crippen LogP contribution < -0.4 is 10.5 Å². The highest BCUT2D eigenvalue weighted by Crippen LogP contribution is 2.66. The third kappa shape index (κ3) is 1.56.